The quantitative estimate of drug-likeness (QED) is 0.573. The Morgan fingerprint density at radius 3 is 2.16 bits per heavy atom. The van der Waals surface area contributed by atoms with Crippen LogP contribution in [0.3, 0.4) is 0 Å². The van der Waals surface area contributed by atoms with Crippen molar-refractivity contribution in [2.24, 2.45) is 0 Å². The molecule has 0 bridgehead atoms. The van der Waals surface area contributed by atoms with Crippen LogP contribution in [0.1, 0.15) is 36.8 Å². The summed E-state index contributed by atoms with van der Waals surface area (Å²) < 4.78 is 0. The largest absolute Gasteiger partial charge is 0.350 e. The van der Waals surface area contributed by atoms with Gasteiger partial charge in [0.15, 0.2) is 0 Å². The van der Waals surface area contributed by atoms with Crippen molar-refractivity contribution in [1.29, 1.82) is 5.26 Å². The molecule has 2 aromatic carbocycles. The monoisotopic (exact) mass is 427 g/mol. The number of carbonyl (C=O) groups excluding carboxylic acids is 2. The van der Waals surface area contributed by atoms with Gasteiger partial charge in [0.2, 0.25) is 0 Å². The molecule has 1 aliphatic heterocycles. The summed E-state index contributed by atoms with van der Waals surface area (Å²) in [5, 5.41) is 14.1. The molecular formula is C25H21N3O2S. The Morgan fingerprint density at radius 1 is 0.935 bits per heavy atom. The maximum Gasteiger partial charge on any atom is 0.282 e. The summed E-state index contributed by atoms with van der Waals surface area (Å²) in [7, 11) is 0. The molecular weight excluding hydrogens is 406 g/mol. The molecule has 0 fully saturated rings. The first-order valence-electron chi connectivity index (χ1n) is 9.84. The third kappa shape index (κ3) is 3.88. The predicted molar refractivity (Wildman–Crippen MR) is 124 cm³/mol. The predicted octanol–water partition coefficient (Wildman–Crippen LogP) is 5.31. The Kier molecular flexibility index (Phi) is 5.22. The first-order valence-corrected chi connectivity index (χ1v) is 10.7. The molecule has 1 N–H and O–H groups in total. The van der Waals surface area contributed by atoms with Crippen molar-refractivity contribution in [1.82, 2.24) is 0 Å². The fourth-order valence-electron chi connectivity index (χ4n) is 3.41. The highest BCUT2D eigenvalue weighted by Crippen LogP contribution is 2.35. The second-order valence-electron chi connectivity index (χ2n) is 8.28. The minimum atomic E-state index is -0.419. The van der Waals surface area contributed by atoms with E-state index in [4.69, 9.17) is 5.26 Å². The van der Waals surface area contributed by atoms with Gasteiger partial charge in [-0.15, -0.1) is 11.3 Å². The highest BCUT2D eigenvalue weighted by Gasteiger charge is 2.40. The van der Waals surface area contributed by atoms with Gasteiger partial charge in [-0.25, -0.2) is 4.90 Å². The fourth-order valence-corrected chi connectivity index (χ4v) is 4.18. The first-order chi connectivity index (χ1) is 14.8. The van der Waals surface area contributed by atoms with E-state index in [1.54, 1.807) is 24.3 Å². The van der Waals surface area contributed by atoms with Crippen LogP contribution in [0, 0.1) is 11.3 Å². The summed E-state index contributed by atoms with van der Waals surface area (Å²) in [6, 6.07) is 20.0. The second-order valence-corrected chi connectivity index (χ2v) is 9.23. The summed E-state index contributed by atoms with van der Waals surface area (Å²) in [5.74, 6) is -0.802. The highest BCUT2D eigenvalue weighted by molar-refractivity contribution is 7.11. The number of hydrogen-bond acceptors (Lipinski definition) is 5. The molecule has 6 heteroatoms. The molecule has 0 aliphatic carbocycles. The van der Waals surface area contributed by atoms with E-state index < -0.39 is 5.91 Å². The summed E-state index contributed by atoms with van der Waals surface area (Å²) in [5.41, 5.74) is 3.43. The van der Waals surface area contributed by atoms with Crippen LogP contribution in [-0.4, -0.2) is 11.8 Å². The number of nitrogens with zero attached hydrogens (tertiary/aromatic N) is 2. The van der Waals surface area contributed by atoms with E-state index in [0.29, 0.717) is 16.8 Å². The molecule has 3 aromatic rings. The summed E-state index contributed by atoms with van der Waals surface area (Å²) in [6.07, 6.45) is 0. The van der Waals surface area contributed by atoms with Crippen molar-refractivity contribution in [3.63, 3.8) is 0 Å². The van der Waals surface area contributed by atoms with Crippen LogP contribution in [0.15, 0.2) is 71.7 Å². The molecule has 0 spiro atoms. The number of thiophene rings is 1. The molecule has 2 heterocycles. The van der Waals surface area contributed by atoms with Crippen molar-refractivity contribution in [2.45, 2.75) is 26.2 Å². The van der Waals surface area contributed by atoms with Gasteiger partial charge in [0.05, 0.1) is 22.9 Å². The van der Waals surface area contributed by atoms with E-state index in [-0.39, 0.29) is 17.0 Å². The van der Waals surface area contributed by atoms with Crippen LogP contribution in [0.5, 0.6) is 0 Å². The summed E-state index contributed by atoms with van der Waals surface area (Å²) >= 11 is 1.41. The van der Waals surface area contributed by atoms with E-state index >= 15 is 0 Å². The zero-order valence-corrected chi connectivity index (χ0v) is 18.3. The number of imide groups is 1. The Bertz CT molecular complexity index is 1210. The van der Waals surface area contributed by atoms with Crippen LogP contribution in [0.25, 0.3) is 5.57 Å². The Balaban J connectivity index is 1.73. The van der Waals surface area contributed by atoms with Crippen LogP contribution < -0.4 is 10.2 Å². The van der Waals surface area contributed by atoms with Crippen molar-refractivity contribution in [2.75, 3.05) is 10.2 Å². The topological polar surface area (TPSA) is 73.2 Å². The minimum Gasteiger partial charge on any atom is -0.350 e. The molecule has 0 atom stereocenters. The number of carbonyl (C=O) groups is 2. The molecule has 0 radical (unpaired) electrons. The van der Waals surface area contributed by atoms with E-state index in [1.807, 2.05) is 47.8 Å². The highest BCUT2D eigenvalue weighted by atomic mass is 32.1. The Labute approximate surface area is 185 Å². The van der Waals surface area contributed by atoms with Crippen molar-refractivity contribution >= 4 is 40.1 Å². The van der Waals surface area contributed by atoms with E-state index in [1.165, 1.54) is 16.9 Å². The third-order valence-corrected chi connectivity index (χ3v) is 6.01. The second kappa shape index (κ2) is 7.86. The van der Waals surface area contributed by atoms with Crippen LogP contribution in [0.2, 0.25) is 0 Å². The third-order valence-electron chi connectivity index (χ3n) is 5.13. The lowest BCUT2D eigenvalue weighted by Crippen LogP contribution is -2.32. The lowest BCUT2D eigenvalue weighted by molar-refractivity contribution is -0.120. The van der Waals surface area contributed by atoms with Crippen LogP contribution >= 0.6 is 11.3 Å². The molecule has 0 unspecified atom stereocenters. The normalized spacial score (nSPS) is 14.2. The number of amides is 2. The maximum absolute atomic E-state index is 13.3. The van der Waals surface area contributed by atoms with Gasteiger partial charge >= 0.3 is 0 Å². The average Bonchev–Trinajstić information content (AvgIpc) is 3.35. The van der Waals surface area contributed by atoms with Crippen LogP contribution in [-0.2, 0) is 15.0 Å². The maximum atomic E-state index is 13.3. The van der Waals surface area contributed by atoms with Gasteiger partial charge in [0, 0.05) is 10.6 Å². The van der Waals surface area contributed by atoms with Gasteiger partial charge in [-0.3, -0.25) is 9.59 Å². The Hall–Kier alpha value is -3.69. The lowest BCUT2D eigenvalue weighted by atomic mass is 9.87. The number of nitriles is 1. The molecule has 0 saturated carbocycles. The molecule has 1 aromatic heterocycles. The molecule has 1 aliphatic rings. The molecule has 0 saturated heterocycles. The van der Waals surface area contributed by atoms with Gasteiger partial charge in [0.1, 0.15) is 5.70 Å². The number of hydrogen-bond donors (Lipinski definition) is 1. The van der Waals surface area contributed by atoms with Gasteiger partial charge < -0.3 is 5.32 Å². The first kappa shape index (κ1) is 20.6. The van der Waals surface area contributed by atoms with Gasteiger partial charge in [-0.2, -0.15) is 5.26 Å². The smallest absolute Gasteiger partial charge is 0.282 e. The standard InChI is InChI=1S/C25H21N3O2S/c1-25(2,3)17-8-10-18(11-9-17)27-22-21(20-5-4-14-31-20)23(29)28(24(22)30)19-12-6-16(15-26)7-13-19/h4-14,27H,1-3H3. The Morgan fingerprint density at radius 2 is 1.61 bits per heavy atom. The van der Waals surface area contributed by atoms with Crippen molar-refractivity contribution in [3.8, 4) is 6.07 Å². The average molecular weight is 428 g/mol. The van der Waals surface area contributed by atoms with E-state index in [0.717, 1.165) is 15.5 Å². The van der Waals surface area contributed by atoms with Crippen molar-refractivity contribution < 1.29 is 9.59 Å². The number of anilines is 2. The van der Waals surface area contributed by atoms with Gasteiger partial charge in [-0.05, 0) is 58.8 Å². The van der Waals surface area contributed by atoms with Crippen molar-refractivity contribution in [3.05, 3.63) is 87.7 Å². The number of rotatable bonds is 4. The van der Waals surface area contributed by atoms with Crippen LogP contribution in [0.4, 0.5) is 11.4 Å². The summed E-state index contributed by atoms with van der Waals surface area (Å²) in [4.78, 5) is 28.5. The summed E-state index contributed by atoms with van der Waals surface area (Å²) in [6.45, 7) is 6.42. The lowest BCUT2D eigenvalue weighted by Gasteiger charge is -2.19. The molecule has 2 amide bonds. The fraction of sp³-hybridized carbons (Fsp3) is 0.160. The molecule has 5 nitrogen and oxygen atoms in total. The number of nitrogens with one attached hydrogen (secondary N) is 1. The SMILES string of the molecule is CC(C)(C)c1ccc(NC2=C(c3cccs3)C(=O)N(c3ccc(C#N)cc3)C2=O)cc1. The molecule has 31 heavy (non-hydrogen) atoms. The van der Waals surface area contributed by atoms with E-state index in [2.05, 4.69) is 26.1 Å². The molecule has 4 rings (SSSR count). The minimum absolute atomic E-state index is 0.0193. The zero-order valence-electron chi connectivity index (χ0n) is 17.5. The number of benzene rings is 2. The van der Waals surface area contributed by atoms with Gasteiger partial charge in [-0.1, -0.05) is 39.0 Å². The van der Waals surface area contributed by atoms with Gasteiger partial charge in [0.25, 0.3) is 11.8 Å². The molecule has 154 valence electrons. The zero-order chi connectivity index (χ0) is 22.2. The van der Waals surface area contributed by atoms with E-state index in [9.17, 15) is 9.59 Å².